The molecule has 0 aliphatic carbocycles. The molecule has 0 spiro atoms. The predicted octanol–water partition coefficient (Wildman–Crippen LogP) is 1.52. The van der Waals surface area contributed by atoms with Gasteiger partial charge in [0.25, 0.3) is 0 Å². The van der Waals surface area contributed by atoms with Crippen molar-refractivity contribution in [2.45, 2.75) is 24.9 Å². The smallest absolute Gasteiger partial charge is 0.122 e. The fourth-order valence-electron chi connectivity index (χ4n) is 3.47. The largest absolute Gasteiger partial charge is 0.493 e. The SMILES string of the molecule is CNC(CC1CN(C)CCN1C)c1ccc2c(c1)CCO2. The lowest BCUT2D eigenvalue weighted by atomic mass is 9.95. The first-order chi connectivity index (χ1) is 10.2. The highest BCUT2D eigenvalue weighted by molar-refractivity contribution is 5.40. The number of nitrogens with zero attached hydrogens (tertiary/aromatic N) is 2. The lowest BCUT2D eigenvalue weighted by Gasteiger charge is -2.39. The molecule has 2 aliphatic heterocycles. The minimum atomic E-state index is 0.412. The van der Waals surface area contributed by atoms with Crippen molar-refractivity contribution in [2.75, 3.05) is 47.4 Å². The Hall–Kier alpha value is -1.10. The molecule has 2 heterocycles. The van der Waals surface area contributed by atoms with Crippen LogP contribution in [-0.2, 0) is 6.42 Å². The maximum absolute atomic E-state index is 5.61. The summed E-state index contributed by atoms with van der Waals surface area (Å²) in [5, 5.41) is 3.51. The van der Waals surface area contributed by atoms with E-state index in [4.69, 9.17) is 4.74 Å². The number of ether oxygens (including phenoxy) is 1. The van der Waals surface area contributed by atoms with Crippen molar-refractivity contribution in [1.29, 1.82) is 0 Å². The number of nitrogens with one attached hydrogen (secondary N) is 1. The second-order valence-electron chi connectivity index (χ2n) is 6.44. The summed E-state index contributed by atoms with van der Waals surface area (Å²) in [6, 6.07) is 7.72. The maximum Gasteiger partial charge on any atom is 0.122 e. The fourth-order valence-corrected chi connectivity index (χ4v) is 3.47. The Morgan fingerprint density at radius 1 is 1.33 bits per heavy atom. The van der Waals surface area contributed by atoms with E-state index in [9.17, 15) is 0 Å². The van der Waals surface area contributed by atoms with Gasteiger partial charge < -0.3 is 19.9 Å². The van der Waals surface area contributed by atoms with E-state index in [-0.39, 0.29) is 0 Å². The normalized spacial score (nSPS) is 24.6. The summed E-state index contributed by atoms with van der Waals surface area (Å²) >= 11 is 0. The van der Waals surface area contributed by atoms with Crippen molar-refractivity contribution >= 4 is 0 Å². The average molecular weight is 289 g/mol. The van der Waals surface area contributed by atoms with Gasteiger partial charge in [-0.1, -0.05) is 12.1 Å². The number of hydrogen-bond acceptors (Lipinski definition) is 4. The van der Waals surface area contributed by atoms with Crippen LogP contribution in [0.3, 0.4) is 0 Å². The molecule has 1 N–H and O–H groups in total. The molecule has 2 unspecified atom stereocenters. The van der Waals surface area contributed by atoms with Crippen LogP contribution >= 0.6 is 0 Å². The molecule has 2 atom stereocenters. The van der Waals surface area contributed by atoms with Crippen LogP contribution in [-0.4, -0.2) is 63.2 Å². The molecule has 0 bridgehead atoms. The third-order valence-electron chi connectivity index (χ3n) is 4.95. The zero-order chi connectivity index (χ0) is 14.8. The Morgan fingerprint density at radius 2 is 2.19 bits per heavy atom. The first kappa shape index (κ1) is 14.8. The molecule has 0 aromatic heterocycles. The monoisotopic (exact) mass is 289 g/mol. The van der Waals surface area contributed by atoms with Crippen molar-refractivity contribution in [3.63, 3.8) is 0 Å². The zero-order valence-corrected chi connectivity index (χ0v) is 13.4. The number of piperazine rings is 1. The summed E-state index contributed by atoms with van der Waals surface area (Å²) in [6.45, 7) is 4.32. The van der Waals surface area contributed by atoms with Crippen LogP contribution in [0.25, 0.3) is 0 Å². The van der Waals surface area contributed by atoms with Gasteiger partial charge in [-0.2, -0.15) is 0 Å². The van der Waals surface area contributed by atoms with Crippen LogP contribution in [0.15, 0.2) is 18.2 Å². The summed E-state index contributed by atoms with van der Waals surface area (Å²) in [4.78, 5) is 4.94. The molecular weight excluding hydrogens is 262 g/mol. The van der Waals surface area contributed by atoms with Crippen LogP contribution in [0.1, 0.15) is 23.6 Å². The number of rotatable bonds is 4. The van der Waals surface area contributed by atoms with Crippen molar-refractivity contribution in [1.82, 2.24) is 15.1 Å². The first-order valence-corrected chi connectivity index (χ1v) is 7.99. The molecule has 116 valence electrons. The summed E-state index contributed by atoms with van der Waals surface area (Å²) in [5.74, 6) is 1.07. The van der Waals surface area contributed by atoms with E-state index in [1.807, 2.05) is 0 Å². The van der Waals surface area contributed by atoms with Crippen molar-refractivity contribution in [2.24, 2.45) is 0 Å². The third kappa shape index (κ3) is 3.23. The molecule has 3 rings (SSSR count). The molecular formula is C17H27N3O. The Balaban J connectivity index is 1.72. The second kappa shape index (κ2) is 6.34. The predicted molar refractivity (Wildman–Crippen MR) is 86.0 cm³/mol. The molecule has 4 nitrogen and oxygen atoms in total. The average Bonchev–Trinajstić information content (AvgIpc) is 2.95. The molecule has 4 heteroatoms. The Bertz CT molecular complexity index is 491. The molecule has 0 amide bonds. The van der Waals surface area contributed by atoms with E-state index in [0.29, 0.717) is 12.1 Å². The van der Waals surface area contributed by atoms with Crippen LogP contribution in [0.4, 0.5) is 0 Å². The summed E-state index contributed by atoms with van der Waals surface area (Å²) in [7, 11) is 6.54. The molecule has 1 saturated heterocycles. The van der Waals surface area contributed by atoms with Gasteiger partial charge in [0.05, 0.1) is 6.61 Å². The van der Waals surface area contributed by atoms with Gasteiger partial charge in [-0.25, -0.2) is 0 Å². The number of likely N-dealkylation sites (N-methyl/N-ethyl adjacent to an activating group) is 2. The maximum atomic E-state index is 5.61. The van der Waals surface area contributed by atoms with Gasteiger partial charge >= 0.3 is 0 Å². The molecule has 0 saturated carbocycles. The molecule has 2 aliphatic rings. The van der Waals surface area contributed by atoms with Crippen molar-refractivity contribution in [3.8, 4) is 5.75 Å². The van der Waals surface area contributed by atoms with Crippen LogP contribution in [0.2, 0.25) is 0 Å². The van der Waals surface area contributed by atoms with E-state index >= 15 is 0 Å². The standard InChI is InChI=1S/C17H27N3O/c1-18-16(11-15-12-19(2)7-8-20(15)3)13-4-5-17-14(10-13)6-9-21-17/h4-5,10,15-16,18H,6-9,11-12H2,1-3H3. The van der Waals surface area contributed by atoms with Gasteiger partial charge in [-0.3, -0.25) is 0 Å². The second-order valence-corrected chi connectivity index (χ2v) is 6.44. The molecule has 1 fully saturated rings. The Labute approximate surface area is 128 Å². The molecule has 1 aromatic carbocycles. The van der Waals surface area contributed by atoms with Crippen molar-refractivity contribution in [3.05, 3.63) is 29.3 Å². The van der Waals surface area contributed by atoms with Crippen LogP contribution in [0, 0.1) is 0 Å². The summed E-state index contributed by atoms with van der Waals surface area (Å²) in [5.41, 5.74) is 2.75. The van der Waals surface area contributed by atoms with E-state index in [1.54, 1.807) is 0 Å². The molecule has 1 aromatic rings. The first-order valence-electron chi connectivity index (χ1n) is 7.99. The Kier molecular flexibility index (Phi) is 4.48. The molecule has 0 radical (unpaired) electrons. The molecule has 21 heavy (non-hydrogen) atoms. The summed E-state index contributed by atoms with van der Waals surface area (Å²) < 4.78 is 5.61. The van der Waals surface area contributed by atoms with Gasteiger partial charge in [0.2, 0.25) is 0 Å². The fraction of sp³-hybridized carbons (Fsp3) is 0.647. The highest BCUT2D eigenvalue weighted by Gasteiger charge is 2.26. The van der Waals surface area contributed by atoms with E-state index in [1.165, 1.54) is 17.7 Å². The van der Waals surface area contributed by atoms with E-state index in [2.05, 4.69) is 54.5 Å². The topological polar surface area (TPSA) is 27.7 Å². The van der Waals surface area contributed by atoms with E-state index < -0.39 is 0 Å². The quantitative estimate of drug-likeness (QED) is 0.909. The van der Waals surface area contributed by atoms with Gasteiger partial charge in [-0.05, 0) is 44.8 Å². The van der Waals surface area contributed by atoms with E-state index in [0.717, 1.165) is 38.3 Å². The lowest BCUT2D eigenvalue weighted by Crippen LogP contribution is -2.50. The highest BCUT2D eigenvalue weighted by atomic mass is 16.5. The number of benzene rings is 1. The Morgan fingerprint density at radius 3 is 3.00 bits per heavy atom. The van der Waals surface area contributed by atoms with Gasteiger partial charge in [0.15, 0.2) is 0 Å². The van der Waals surface area contributed by atoms with Crippen LogP contribution < -0.4 is 10.1 Å². The van der Waals surface area contributed by atoms with Gasteiger partial charge in [0.1, 0.15) is 5.75 Å². The lowest BCUT2D eigenvalue weighted by molar-refractivity contribution is 0.102. The number of fused-ring (bicyclic) bond motifs is 1. The zero-order valence-electron chi connectivity index (χ0n) is 13.4. The minimum Gasteiger partial charge on any atom is -0.493 e. The minimum absolute atomic E-state index is 0.412. The summed E-state index contributed by atoms with van der Waals surface area (Å²) in [6.07, 6.45) is 2.20. The van der Waals surface area contributed by atoms with Crippen LogP contribution in [0.5, 0.6) is 5.75 Å². The van der Waals surface area contributed by atoms with Gasteiger partial charge in [0, 0.05) is 38.1 Å². The van der Waals surface area contributed by atoms with Crippen molar-refractivity contribution < 1.29 is 4.74 Å². The highest BCUT2D eigenvalue weighted by Crippen LogP contribution is 2.30. The third-order valence-corrected chi connectivity index (χ3v) is 4.95. The number of hydrogen-bond donors (Lipinski definition) is 1. The van der Waals surface area contributed by atoms with Gasteiger partial charge in [-0.15, -0.1) is 0 Å².